The lowest BCUT2D eigenvalue weighted by molar-refractivity contribution is 0.194. The number of ether oxygens (including phenoxy) is 1. The van der Waals surface area contributed by atoms with Gasteiger partial charge in [0.25, 0.3) is 0 Å². The minimum Gasteiger partial charge on any atom is -0.410 e. The fourth-order valence-electron chi connectivity index (χ4n) is 2.47. The van der Waals surface area contributed by atoms with Crippen LogP contribution in [0.15, 0.2) is 54.3 Å². The normalized spacial score (nSPS) is 12.4. The number of anilines is 1. The monoisotopic (exact) mass is 367 g/mol. The van der Waals surface area contributed by atoms with Crippen LogP contribution in [0.5, 0.6) is 0 Å². The number of allylic oxidation sites excluding steroid dienone is 3. The predicted molar refractivity (Wildman–Crippen MR) is 110 cm³/mol. The van der Waals surface area contributed by atoms with Crippen molar-refractivity contribution in [2.24, 2.45) is 0 Å². The molecule has 2 aromatic rings. The molecule has 0 bridgehead atoms. The topological polar surface area (TPSA) is 56.1 Å². The molecular formula is C22H29N3O2. The molecule has 0 radical (unpaired) electrons. The van der Waals surface area contributed by atoms with E-state index in [0.717, 1.165) is 23.4 Å². The first-order valence-corrected chi connectivity index (χ1v) is 9.24. The number of amides is 1. The molecule has 27 heavy (non-hydrogen) atoms. The van der Waals surface area contributed by atoms with E-state index < -0.39 is 6.09 Å². The molecule has 144 valence electrons. The predicted octanol–water partition coefficient (Wildman–Crippen LogP) is 5.90. The summed E-state index contributed by atoms with van der Waals surface area (Å²) in [4.78, 5) is 12.4. The Morgan fingerprint density at radius 1 is 1.26 bits per heavy atom. The number of aryl methyl sites for hydroxylation is 1. The van der Waals surface area contributed by atoms with E-state index in [-0.39, 0.29) is 5.41 Å². The van der Waals surface area contributed by atoms with Crippen LogP contribution < -0.4 is 5.32 Å². The Kier molecular flexibility index (Phi) is 6.61. The highest BCUT2D eigenvalue weighted by Crippen LogP contribution is 2.26. The van der Waals surface area contributed by atoms with Gasteiger partial charge in [-0.1, -0.05) is 51.5 Å². The third-order valence-corrected chi connectivity index (χ3v) is 3.93. The number of nitrogens with one attached hydrogen (secondary N) is 1. The summed E-state index contributed by atoms with van der Waals surface area (Å²) in [6.07, 6.45) is 5.70. The van der Waals surface area contributed by atoms with Crippen molar-refractivity contribution in [2.75, 3.05) is 5.32 Å². The van der Waals surface area contributed by atoms with E-state index >= 15 is 0 Å². The smallest absolute Gasteiger partial charge is 0.410 e. The van der Waals surface area contributed by atoms with Crippen LogP contribution in [-0.4, -0.2) is 15.9 Å². The summed E-state index contributed by atoms with van der Waals surface area (Å²) in [7, 11) is 0. The molecule has 0 atom stereocenters. The van der Waals surface area contributed by atoms with Gasteiger partial charge in [-0.25, -0.2) is 9.48 Å². The van der Waals surface area contributed by atoms with Crippen LogP contribution in [-0.2, 0) is 10.2 Å². The molecule has 0 aliphatic rings. The van der Waals surface area contributed by atoms with Gasteiger partial charge in [0.2, 0.25) is 0 Å². The second-order valence-corrected chi connectivity index (χ2v) is 7.44. The number of carbonyl (C=O) groups is 1. The second-order valence-electron chi connectivity index (χ2n) is 7.44. The summed E-state index contributed by atoms with van der Waals surface area (Å²) >= 11 is 0. The number of carbonyl (C=O) groups excluding carboxylic acids is 1. The molecule has 0 unspecified atom stereocenters. The Hall–Kier alpha value is -2.82. The Morgan fingerprint density at radius 2 is 1.93 bits per heavy atom. The highest BCUT2D eigenvalue weighted by atomic mass is 16.6. The van der Waals surface area contributed by atoms with Gasteiger partial charge in [0.1, 0.15) is 11.6 Å². The molecule has 1 heterocycles. The quantitative estimate of drug-likeness (QED) is 0.529. The molecule has 2 rings (SSSR count). The number of aromatic nitrogens is 2. The highest BCUT2D eigenvalue weighted by molar-refractivity contribution is 5.85. The van der Waals surface area contributed by atoms with Crippen molar-refractivity contribution >= 4 is 11.9 Å². The van der Waals surface area contributed by atoms with Crippen LogP contribution in [0.4, 0.5) is 10.6 Å². The zero-order valence-corrected chi connectivity index (χ0v) is 17.0. The first-order valence-electron chi connectivity index (χ1n) is 9.24. The van der Waals surface area contributed by atoms with E-state index in [9.17, 15) is 4.79 Å². The van der Waals surface area contributed by atoms with E-state index in [1.165, 1.54) is 0 Å². The average Bonchev–Trinajstić information content (AvgIpc) is 3.00. The molecular weight excluding hydrogens is 338 g/mol. The van der Waals surface area contributed by atoms with E-state index in [1.807, 2.05) is 63.3 Å². The molecule has 0 saturated carbocycles. The van der Waals surface area contributed by atoms with Crippen LogP contribution in [0.1, 0.15) is 52.3 Å². The molecule has 0 saturated heterocycles. The van der Waals surface area contributed by atoms with E-state index in [1.54, 1.807) is 10.8 Å². The molecule has 0 fully saturated rings. The van der Waals surface area contributed by atoms with Crippen molar-refractivity contribution in [1.29, 1.82) is 0 Å². The molecule has 1 amide bonds. The molecule has 0 aliphatic carbocycles. The molecule has 5 heteroatoms. The van der Waals surface area contributed by atoms with Gasteiger partial charge in [-0.05, 0) is 44.6 Å². The van der Waals surface area contributed by atoms with E-state index in [4.69, 9.17) is 9.84 Å². The first-order chi connectivity index (χ1) is 12.7. The van der Waals surface area contributed by atoms with Gasteiger partial charge < -0.3 is 4.74 Å². The standard InChI is InChI=1S/C22H29N3O2/c1-7-9-18(10-8-2)27-21(26)23-20-15-19(22(4,5)6)24-25(20)17-13-11-16(3)12-14-17/h7,9-15H,8H2,1-6H3,(H,23,26)/b9-7-,18-10+. The summed E-state index contributed by atoms with van der Waals surface area (Å²) < 4.78 is 7.16. The lowest BCUT2D eigenvalue weighted by atomic mass is 9.92. The summed E-state index contributed by atoms with van der Waals surface area (Å²) in [6, 6.07) is 9.88. The number of nitrogens with zero attached hydrogens (tertiary/aromatic N) is 2. The van der Waals surface area contributed by atoms with Crippen LogP contribution >= 0.6 is 0 Å². The molecule has 1 N–H and O–H groups in total. The maximum absolute atomic E-state index is 12.4. The second kappa shape index (κ2) is 8.71. The number of benzene rings is 1. The largest absolute Gasteiger partial charge is 0.418 e. The Balaban J connectivity index is 2.34. The SMILES string of the molecule is C/C=C\C(=C/CC)OC(=O)Nc1cc(C(C)(C)C)nn1-c1ccc(C)cc1. The number of rotatable bonds is 5. The number of hydrogen-bond acceptors (Lipinski definition) is 3. The lowest BCUT2D eigenvalue weighted by Gasteiger charge is -2.14. The first kappa shape index (κ1) is 20.5. The van der Waals surface area contributed by atoms with Gasteiger partial charge in [0.05, 0.1) is 11.4 Å². The number of hydrogen-bond donors (Lipinski definition) is 1. The van der Waals surface area contributed by atoms with Crippen molar-refractivity contribution in [1.82, 2.24) is 9.78 Å². The average molecular weight is 367 g/mol. The molecule has 0 spiro atoms. The van der Waals surface area contributed by atoms with Crippen LogP contribution in [0.3, 0.4) is 0 Å². The molecule has 5 nitrogen and oxygen atoms in total. The van der Waals surface area contributed by atoms with Gasteiger partial charge in [0, 0.05) is 11.5 Å². The van der Waals surface area contributed by atoms with Crippen molar-refractivity contribution < 1.29 is 9.53 Å². The van der Waals surface area contributed by atoms with Gasteiger partial charge >= 0.3 is 6.09 Å². The van der Waals surface area contributed by atoms with E-state index in [0.29, 0.717) is 11.6 Å². The van der Waals surface area contributed by atoms with Crippen LogP contribution in [0, 0.1) is 6.92 Å². The van der Waals surface area contributed by atoms with Gasteiger partial charge in [-0.15, -0.1) is 0 Å². The van der Waals surface area contributed by atoms with Crippen LogP contribution in [0.25, 0.3) is 5.69 Å². The Bertz CT molecular complexity index is 837. The van der Waals surface area contributed by atoms with Crippen molar-refractivity contribution in [2.45, 2.75) is 53.4 Å². The fourth-order valence-corrected chi connectivity index (χ4v) is 2.47. The van der Waals surface area contributed by atoms with Gasteiger partial charge in [-0.3, -0.25) is 5.32 Å². The third-order valence-electron chi connectivity index (χ3n) is 3.93. The van der Waals surface area contributed by atoms with Gasteiger partial charge in [0.15, 0.2) is 0 Å². The van der Waals surface area contributed by atoms with Gasteiger partial charge in [-0.2, -0.15) is 5.10 Å². The maximum Gasteiger partial charge on any atom is 0.418 e. The third kappa shape index (κ3) is 5.58. The van der Waals surface area contributed by atoms with Crippen molar-refractivity contribution in [3.63, 3.8) is 0 Å². The summed E-state index contributed by atoms with van der Waals surface area (Å²) in [5.74, 6) is 1.10. The van der Waals surface area contributed by atoms with Crippen LogP contribution in [0.2, 0.25) is 0 Å². The summed E-state index contributed by atoms with van der Waals surface area (Å²) in [6.45, 7) is 12.2. The minimum absolute atomic E-state index is 0.144. The molecule has 1 aromatic carbocycles. The summed E-state index contributed by atoms with van der Waals surface area (Å²) in [5.41, 5.74) is 2.78. The lowest BCUT2D eigenvalue weighted by Crippen LogP contribution is -2.16. The van der Waals surface area contributed by atoms with Crippen molar-refractivity contribution in [3.8, 4) is 5.69 Å². The highest BCUT2D eigenvalue weighted by Gasteiger charge is 2.22. The fraction of sp³-hybridized carbons (Fsp3) is 0.364. The van der Waals surface area contributed by atoms with Crippen molar-refractivity contribution in [3.05, 3.63) is 65.6 Å². The zero-order valence-electron chi connectivity index (χ0n) is 17.0. The minimum atomic E-state index is -0.540. The molecule has 1 aromatic heterocycles. The Morgan fingerprint density at radius 3 is 2.48 bits per heavy atom. The molecule has 0 aliphatic heterocycles. The maximum atomic E-state index is 12.4. The van der Waals surface area contributed by atoms with E-state index in [2.05, 4.69) is 26.1 Å². The Labute approximate surface area is 161 Å². The zero-order chi connectivity index (χ0) is 20.0. The summed E-state index contributed by atoms with van der Waals surface area (Å²) in [5, 5.41) is 7.53.